The summed E-state index contributed by atoms with van der Waals surface area (Å²) in [6.07, 6.45) is 5.77. The van der Waals surface area contributed by atoms with Crippen LogP contribution in [0.5, 0.6) is 11.5 Å². The van der Waals surface area contributed by atoms with Crippen molar-refractivity contribution in [2.75, 3.05) is 38.3 Å². The summed E-state index contributed by atoms with van der Waals surface area (Å²) >= 11 is 6.34. The smallest absolute Gasteiger partial charge is 0.266 e. The van der Waals surface area contributed by atoms with Crippen LogP contribution in [0.25, 0.3) is 10.9 Å². The van der Waals surface area contributed by atoms with Gasteiger partial charge in [-0.15, -0.1) is 0 Å². The highest BCUT2D eigenvalue weighted by molar-refractivity contribution is 6.32. The fourth-order valence-electron chi connectivity index (χ4n) is 7.71. The minimum absolute atomic E-state index is 0.00375. The van der Waals surface area contributed by atoms with Gasteiger partial charge in [0.05, 0.1) is 34.9 Å². The van der Waals surface area contributed by atoms with Crippen molar-refractivity contribution in [1.29, 1.82) is 0 Å². The quantitative estimate of drug-likeness (QED) is 0.105. The molecule has 2 fully saturated rings. The van der Waals surface area contributed by atoms with Crippen LogP contribution in [0.4, 0.5) is 10.1 Å². The maximum absolute atomic E-state index is 14.0. The summed E-state index contributed by atoms with van der Waals surface area (Å²) in [5, 5.41) is 8.96. The Labute approximate surface area is 337 Å². The highest BCUT2D eigenvalue weighted by Crippen LogP contribution is 2.40. The molecule has 1 saturated carbocycles. The van der Waals surface area contributed by atoms with E-state index in [9.17, 15) is 33.2 Å². The highest BCUT2D eigenvalue weighted by Gasteiger charge is 2.46. The maximum Gasteiger partial charge on any atom is 0.266 e. The number of anilines is 1. The van der Waals surface area contributed by atoms with Gasteiger partial charge in [-0.3, -0.25) is 44.0 Å². The second-order valence-corrected chi connectivity index (χ2v) is 14.8. The Kier molecular flexibility index (Phi) is 12.6. The summed E-state index contributed by atoms with van der Waals surface area (Å²) < 4.78 is 30.9. The van der Waals surface area contributed by atoms with E-state index in [1.54, 1.807) is 36.5 Å². The number of carbonyl (C=O) groups excluding carboxylic acids is 6. The van der Waals surface area contributed by atoms with Gasteiger partial charge < -0.3 is 24.8 Å². The second kappa shape index (κ2) is 18.1. The number of aromatic nitrogens is 1. The first kappa shape index (κ1) is 40.3. The Morgan fingerprint density at radius 1 is 0.879 bits per heavy atom. The lowest BCUT2D eigenvalue weighted by atomic mass is 9.77. The molecule has 0 spiro atoms. The van der Waals surface area contributed by atoms with Crippen LogP contribution in [0.1, 0.15) is 77.1 Å². The van der Waals surface area contributed by atoms with Crippen molar-refractivity contribution in [2.45, 2.75) is 56.9 Å². The molecule has 302 valence electrons. The lowest BCUT2D eigenvalue weighted by Gasteiger charge is -2.29. The number of fused-ring (bicyclic) bond motifs is 2. The van der Waals surface area contributed by atoms with Gasteiger partial charge in [-0.1, -0.05) is 17.7 Å². The monoisotopic (exact) mass is 813 g/mol. The Bertz CT molecular complexity index is 2260. The van der Waals surface area contributed by atoms with Crippen molar-refractivity contribution in [3.63, 3.8) is 0 Å². The molecular weight excluding hydrogens is 773 g/mol. The topological polar surface area (TPSA) is 182 Å². The average molecular weight is 814 g/mol. The number of hydrogen-bond donors (Lipinski definition) is 3. The van der Waals surface area contributed by atoms with Gasteiger partial charge in [0.15, 0.2) is 6.61 Å². The van der Waals surface area contributed by atoms with Gasteiger partial charge in [0.25, 0.3) is 17.7 Å². The minimum Gasteiger partial charge on any atom is -0.490 e. The number of pyridine rings is 1. The Balaban J connectivity index is 0.790. The molecule has 3 heterocycles. The van der Waals surface area contributed by atoms with Crippen LogP contribution < -0.4 is 25.4 Å². The second-order valence-electron chi connectivity index (χ2n) is 14.4. The van der Waals surface area contributed by atoms with Gasteiger partial charge in [0, 0.05) is 42.7 Å². The van der Waals surface area contributed by atoms with Gasteiger partial charge in [0.2, 0.25) is 17.7 Å². The number of rotatable bonds is 15. The third-order valence-electron chi connectivity index (χ3n) is 10.6. The van der Waals surface area contributed by atoms with Crippen LogP contribution in [0, 0.1) is 11.7 Å². The van der Waals surface area contributed by atoms with Crippen molar-refractivity contribution in [1.82, 2.24) is 20.5 Å². The molecule has 0 radical (unpaired) electrons. The Morgan fingerprint density at radius 3 is 2.52 bits per heavy atom. The van der Waals surface area contributed by atoms with Crippen molar-refractivity contribution < 1.29 is 47.4 Å². The van der Waals surface area contributed by atoms with E-state index in [0.29, 0.717) is 28.8 Å². The average Bonchev–Trinajstić information content (AvgIpc) is 3.46. The first-order valence-electron chi connectivity index (χ1n) is 19.1. The molecule has 3 aromatic carbocycles. The third-order valence-corrected chi connectivity index (χ3v) is 10.9. The fraction of sp³-hybridized carbons (Fsp3) is 0.357. The molecule has 3 aliphatic rings. The van der Waals surface area contributed by atoms with E-state index < -0.39 is 42.2 Å². The van der Waals surface area contributed by atoms with Gasteiger partial charge in [0.1, 0.15) is 30.0 Å². The highest BCUT2D eigenvalue weighted by atomic mass is 35.5. The normalized spacial score (nSPS) is 19.1. The summed E-state index contributed by atoms with van der Waals surface area (Å²) in [4.78, 5) is 80.8. The van der Waals surface area contributed by atoms with Crippen LogP contribution in [0.3, 0.4) is 0 Å². The molecule has 3 N–H and O–H groups in total. The number of ether oxygens (including phenoxy) is 3. The van der Waals surface area contributed by atoms with Crippen LogP contribution in [0.2, 0.25) is 5.02 Å². The molecule has 6 amide bonds. The number of imide groups is 2. The largest absolute Gasteiger partial charge is 0.490 e. The SMILES string of the molecule is O=C(COc1cccc2c1C(=O)N(C1CCC(=O)NC1=O)C2=O)NCCOCCOc1cc(NC(=O)CC2CCC(c3ccnc4ccc(F)cc34)CC2)ccc1Cl. The van der Waals surface area contributed by atoms with Crippen LogP contribution in [-0.2, 0) is 23.9 Å². The molecule has 2 aliphatic heterocycles. The number of hydrogen-bond acceptors (Lipinski definition) is 10. The van der Waals surface area contributed by atoms with Crippen LogP contribution in [0.15, 0.2) is 66.9 Å². The van der Waals surface area contributed by atoms with Gasteiger partial charge in [-0.2, -0.15) is 0 Å². The molecule has 1 unspecified atom stereocenters. The number of nitrogens with zero attached hydrogens (tertiary/aromatic N) is 2. The maximum atomic E-state index is 14.0. The predicted molar refractivity (Wildman–Crippen MR) is 209 cm³/mol. The Morgan fingerprint density at radius 2 is 1.71 bits per heavy atom. The van der Waals surface area contributed by atoms with Gasteiger partial charge in [-0.05, 0) is 98.0 Å². The van der Waals surface area contributed by atoms with E-state index in [4.69, 9.17) is 25.8 Å². The molecule has 16 heteroatoms. The molecule has 14 nitrogen and oxygen atoms in total. The standard InChI is InChI=1S/C42H41ClFN5O9/c43-31-10-9-27(47-37(51)20-24-4-6-25(7-5-24)28-14-15-45-32-11-8-26(44)21-30(28)32)22-35(31)57-19-18-56-17-16-46-38(52)23-58-34-3-1-2-29-39(34)42(55)49(41(29)54)33-12-13-36(50)48-40(33)53/h1-3,8-11,14-15,21-22,24-25,33H,4-7,12-13,16-20,23H2,(H,46,52)(H,47,51)(H,48,50,53). The Hall–Kier alpha value is -5.93. The van der Waals surface area contributed by atoms with Crippen LogP contribution in [-0.4, -0.2) is 84.3 Å². The molecular formula is C42H41ClFN5O9. The molecule has 7 rings (SSSR count). The molecule has 1 aliphatic carbocycles. The zero-order valence-corrected chi connectivity index (χ0v) is 32.1. The summed E-state index contributed by atoms with van der Waals surface area (Å²) in [6.45, 7) is 0.202. The number of benzene rings is 3. The summed E-state index contributed by atoms with van der Waals surface area (Å²) in [5.74, 6) is -2.55. The van der Waals surface area contributed by atoms with Crippen molar-refractivity contribution in [3.05, 3.63) is 94.4 Å². The van der Waals surface area contributed by atoms with Gasteiger partial charge in [-0.25, -0.2) is 4.39 Å². The van der Waals surface area contributed by atoms with E-state index >= 15 is 0 Å². The third kappa shape index (κ3) is 9.27. The van der Waals surface area contributed by atoms with Crippen molar-refractivity contribution in [2.24, 2.45) is 5.92 Å². The zero-order chi connectivity index (χ0) is 40.8. The van der Waals surface area contributed by atoms with Crippen LogP contribution >= 0.6 is 11.6 Å². The van der Waals surface area contributed by atoms with Gasteiger partial charge >= 0.3 is 0 Å². The molecule has 4 aromatic rings. The molecule has 58 heavy (non-hydrogen) atoms. The number of nitrogens with one attached hydrogen (secondary N) is 3. The lowest BCUT2D eigenvalue weighted by Crippen LogP contribution is -2.54. The number of amides is 6. The number of piperidine rings is 1. The van der Waals surface area contributed by atoms with E-state index in [1.165, 1.54) is 24.3 Å². The van der Waals surface area contributed by atoms with Crippen molar-refractivity contribution in [3.8, 4) is 11.5 Å². The molecule has 1 atom stereocenters. The summed E-state index contributed by atoms with van der Waals surface area (Å²) in [7, 11) is 0. The lowest BCUT2D eigenvalue weighted by molar-refractivity contribution is -0.136. The number of carbonyl (C=O) groups is 6. The van der Waals surface area contributed by atoms with E-state index in [1.807, 2.05) is 6.07 Å². The minimum atomic E-state index is -1.12. The first-order valence-corrected chi connectivity index (χ1v) is 19.5. The molecule has 1 aromatic heterocycles. The molecule has 0 bridgehead atoms. The predicted octanol–water partition coefficient (Wildman–Crippen LogP) is 5.32. The summed E-state index contributed by atoms with van der Waals surface area (Å²) in [6, 6.07) is 14.9. The fourth-order valence-corrected chi connectivity index (χ4v) is 7.89. The van der Waals surface area contributed by atoms with E-state index in [-0.39, 0.29) is 73.7 Å². The number of halogens is 2. The first-order chi connectivity index (χ1) is 28.0. The summed E-state index contributed by atoms with van der Waals surface area (Å²) in [5.41, 5.74) is 2.44. The molecule has 1 saturated heterocycles. The van der Waals surface area contributed by atoms with E-state index in [0.717, 1.165) is 47.0 Å². The van der Waals surface area contributed by atoms with Crippen molar-refractivity contribution >= 4 is 63.6 Å². The zero-order valence-electron chi connectivity index (χ0n) is 31.4. The van der Waals surface area contributed by atoms with E-state index in [2.05, 4.69) is 20.9 Å².